The number of likely N-dealkylation sites (tertiary alicyclic amines) is 1. The lowest BCUT2D eigenvalue weighted by Crippen LogP contribution is -2.61. The molecule has 0 radical (unpaired) electrons. The van der Waals surface area contributed by atoms with Crippen molar-refractivity contribution in [2.75, 3.05) is 26.3 Å². The van der Waals surface area contributed by atoms with Gasteiger partial charge in [0.2, 0.25) is 11.8 Å². The lowest BCUT2D eigenvalue weighted by molar-refractivity contribution is -0.150. The number of amides is 1. The van der Waals surface area contributed by atoms with Crippen LogP contribution in [0.5, 0.6) is 5.88 Å². The lowest BCUT2D eigenvalue weighted by atomic mass is 9.72. The van der Waals surface area contributed by atoms with E-state index in [2.05, 4.69) is 4.98 Å². The van der Waals surface area contributed by atoms with Gasteiger partial charge in [-0.25, -0.2) is 4.98 Å². The molecule has 0 saturated carbocycles. The fourth-order valence-corrected chi connectivity index (χ4v) is 3.87. The summed E-state index contributed by atoms with van der Waals surface area (Å²) in [6.07, 6.45) is 3.00. The van der Waals surface area contributed by atoms with Crippen LogP contribution < -0.4 is 4.74 Å². The normalized spacial score (nSPS) is 19.7. The Bertz CT molecular complexity index is 772. The first kappa shape index (κ1) is 17.3. The van der Waals surface area contributed by atoms with Crippen LogP contribution in [0.4, 0.5) is 0 Å². The van der Waals surface area contributed by atoms with Crippen LogP contribution in [-0.2, 0) is 14.9 Å². The van der Waals surface area contributed by atoms with Crippen LogP contribution in [-0.4, -0.2) is 48.2 Å². The topological polar surface area (TPSA) is 51.7 Å². The molecule has 0 atom stereocenters. The van der Waals surface area contributed by atoms with Crippen LogP contribution in [0.15, 0.2) is 48.7 Å². The minimum atomic E-state index is -0.493. The molecule has 6 heteroatoms. The molecule has 5 nitrogen and oxygen atoms in total. The van der Waals surface area contributed by atoms with Crippen molar-refractivity contribution in [2.24, 2.45) is 0 Å². The van der Waals surface area contributed by atoms with E-state index in [0.717, 1.165) is 5.56 Å². The zero-order valence-corrected chi connectivity index (χ0v) is 15.2. The van der Waals surface area contributed by atoms with E-state index in [1.807, 2.05) is 35.2 Å². The first-order valence-corrected chi connectivity index (χ1v) is 9.27. The highest BCUT2D eigenvalue weighted by molar-refractivity contribution is 6.31. The van der Waals surface area contributed by atoms with Gasteiger partial charge in [-0.1, -0.05) is 41.9 Å². The lowest BCUT2D eigenvalue weighted by Gasteiger charge is -2.46. The van der Waals surface area contributed by atoms with Crippen LogP contribution in [0.2, 0.25) is 5.02 Å². The predicted octanol–water partition coefficient (Wildman–Crippen LogP) is 3.07. The van der Waals surface area contributed by atoms with Crippen LogP contribution in [0.1, 0.15) is 18.4 Å². The highest BCUT2D eigenvalue weighted by Crippen LogP contribution is 2.38. The van der Waals surface area contributed by atoms with Crippen molar-refractivity contribution >= 4 is 17.5 Å². The standard InChI is InChI=1S/C20H21ClN2O3/c21-17-7-4-10-22-18(17)26-16-13-23(14-16)19(24)20(8-11-25-12-9-20)15-5-2-1-3-6-15/h1-7,10,16H,8-9,11-14H2. The first-order valence-electron chi connectivity index (χ1n) is 8.89. The summed E-state index contributed by atoms with van der Waals surface area (Å²) in [5, 5.41) is 0.488. The minimum Gasteiger partial charge on any atom is -0.470 e. The molecule has 0 N–H and O–H groups in total. The van der Waals surface area contributed by atoms with Gasteiger partial charge in [0.05, 0.1) is 18.5 Å². The minimum absolute atomic E-state index is 0.0704. The number of benzene rings is 1. The Kier molecular flexibility index (Phi) is 4.83. The summed E-state index contributed by atoms with van der Waals surface area (Å²) in [6, 6.07) is 13.6. The second kappa shape index (κ2) is 7.25. The number of aromatic nitrogens is 1. The monoisotopic (exact) mass is 372 g/mol. The number of ether oxygens (including phenoxy) is 2. The van der Waals surface area contributed by atoms with E-state index < -0.39 is 5.41 Å². The molecule has 1 aromatic carbocycles. The van der Waals surface area contributed by atoms with Crippen molar-refractivity contribution in [2.45, 2.75) is 24.4 Å². The van der Waals surface area contributed by atoms with Crippen molar-refractivity contribution < 1.29 is 14.3 Å². The number of pyridine rings is 1. The number of carbonyl (C=O) groups is 1. The zero-order valence-electron chi connectivity index (χ0n) is 14.4. The highest BCUT2D eigenvalue weighted by Gasteiger charge is 2.47. The summed E-state index contributed by atoms with van der Waals surface area (Å²) >= 11 is 6.09. The average Bonchev–Trinajstić information content (AvgIpc) is 2.66. The summed E-state index contributed by atoms with van der Waals surface area (Å²) in [6.45, 7) is 2.33. The van der Waals surface area contributed by atoms with Gasteiger partial charge < -0.3 is 14.4 Å². The molecule has 26 heavy (non-hydrogen) atoms. The molecule has 136 valence electrons. The van der Waals surface area contributed by atoms with Gasteiger partial charge in [-0.2, -0.15) is 0 Å². The quantitative estimate of drug-likeness (QED) is 0.827. The maximum absolute atomic E-state index is 13.3. The number of hydrogen-bond acceptors (Lipinski definition) is 4. The van der Waals surface area contributed by atoms with Gasteiger partial charge in [0, 0.05) is 19.4 Å². The molecule has 2 fully saturated rings. The van der Waals surface area contributed by atoms with Crippen molar-refractivity contribution in [3.05, 3.63) is 59.2 Å². The van der Waals surface area contributed by atoms with E-state index in [4.69, 9.17) is 21.1 Å². The van der Waals surface area contributed by atoms with E-state index in [9.17, 15) is 4.79 Å². The Hall–Kier alpha value is -2.11. The van der Waals surface area contributed by atoms with Gasteiger partial charge in [-0.15, -0.1) is 0 Å². The van der Waals surface area contributed by atoms with E-state index in [1.54, 1.807) is 18.3 Å². The summed E-state index contributed by atoms with van der Waals surface area (Å²) in [5.41, 5.74) is 0.582. The largest absolute Gasteiger partial charge is 0.470 e. The zero-order chi connectivity index (χ0) is 18.0. The number of carbonyl (C=O) groups excluding carboxylic acids is 1. The summed E-state index contributed by atoms with van der Waals surface area (Å²) < 4.78 is 11.3. The van der Waals surface area contributed by atoms with E-state index >= 15 is 0 Å². The molecule has 4 rings (SSSR count). The molecule has 2 aliphatic heterocycles. The third kappa shape index (κ3) is 3.17. The summed E-state index contributed by atoms with van der Waals surface area (Å²) in [7, 11) is 0. The third-order valence-corrected chi connectivity index (χ3v) is 5.51. The maximum atomic E-state index is 13.3. The molecular weight excluding hydrogens is 352 g/mol. The third-order valence-electron chi connectivity index (χ3n) is 5.22. The molecule has 3 heterocycles. The van der Waals surface area contributed by atoms with E-state index in [1.165, 1.54) is 0 Å². The number of nitrogens with zero attached hydrogens (tertiary/aromatic N) is 2. The molecule has 0 aliphatic carbocycles. The van der Waals surface area contributed by atoms with Gasteiger partial charge in [0.15, 0.2) is 0 Å². The Labute approximate surface area is 157 Å². The molecule has 0 unspecified atom stereocenters. The molecule has 2 aliphatic rings. The van der Waals surface area contributed by atoms with Crippen molar-refractivity contribution in [3.63, 3.8) is 0 Å². The van der Waals surface area contributed by atoms with Gasteiger partial charge in [-0.3, -0.25) is 4.79 Å². The summed E-state index contributed by atoms with van der Waals surface area (Å²) in [4.78, 5) is 19.4. The van der Waals surface area contributed by atoms with Gasteiger partial charge in [0.1, 0.15) is 11.1 Å². The van der Waals surface area contributed by atoms with Crippen LogP contribution in [0, 0.1) is 0 Å². The smallest absolute Gasteiger partial charge is 0.233 e. The fraction of sp³-hybridized carbons (Fsp3) is 0.400. The summed E-state index contributed by atoms with van der Waals surface area (Å²) in [5.74, 6) is 0.592. The number of rotatable bonds is 4. The van der Waals surface area contributed by atoms with Gasteiger partial charge in [0.25, 0.3) is 0 Å². The second-order valence-corrected chi connectivity index (χ2v) is 7.21. The average molecular weight is 373 g/mol. The highest BCUT2D eigenvalue weighted by atomic mass is 35.5. The SMILES string of the molecule is O=C(N1CC(Oc2ncccc2Cl)C1)C1(c2ccccc2)CCOCC1. The molecule has 1 amide bonds. The van der Waals surface area contributed by atoms with Crippen LogP contribution >= 0.6 is 11.6 Å². The Morgan fingerprint density at radius 3 is 2.58 bits per heavy atom. The molecular formula is C20H21ClN2O3. The Morgan fingerprint density at radius 1 is 1.15 bits per heavy atom. The molecule has 0 spiro atoms. The van der Waals surface area contributed by atoms with Crippen LogP contribution in [0.25, 0.3) is 0 Å². The fourth-order valence-electron chi connectivity index (χ4n) is 3.70. The molecule has 0 bridgehead atoms. The van der Waals surface area contributed by atoms with Gasteiger partial charge >= 0.3 is 0 Å². The van der Waals surface area contributed by atoms with Crippen molar-refractivity contribution in [3.8, 4) is 5.88 Å². The Balaban J connectivity index is 1.46. The number of halogens is 1. The van der Waals surface area contributed by atoms with Gasteiger partial charge in [-0.05, 0) is 30.5 Å². The number of hydrogen-bond donors (Lipinski definition) is 0. The molecule has 1 aromatic heterocycles. The Morgan fingerprint density at radius 2 is 1.88 bits per heavy atom. The second-order valence-electron chi connectivity index (χ2n) is 6.80. The first-order chi connectivity index (χ1) is 12.7. The predicted molar refractivity (Wildman–Crippen MR) is 98.4 cm³/mol. The molecule has 2 aromatic rings. The molecule has 2 saturated heterocycles. The van der Waals surface area contributed by atoms with E-state index in [-0.39, 0.29) is 12.0 Å². The maximum Gasteiger partial charge on any atom is 0.233 e. The van der Waals surface area contributed by atoms with Crippen molar-refractivity contribution in [1.82, 2.24) is 9.88 Å². The van der Waals surface area contributed by atoms with Crippen molar-refractivity contribution in [1.29, 1.82) is 0 Å². The van der Waals surface area contributed by atoms with E-state index in [0.29, 0.717) is 50.0 Å². The van der Waals surface area contributed by atoms with Crippen LogP contribution in [0.3, 0.4) is 0 Å².